The maximum Gasteiger partial charge on any atom is 0.326 e. The maximum absolute atomic E-state index is 11.7. The molecule has 0 spiro atoms. The van der Waals surface area contributed by atoms with Crippen molar-refractivity contribution in [1.29, 1.82) is 0 Å². The number of nitrogens with one attached hydrogen (secondary N) is 2. The van der Waals surface area contributed by atoms with E-state index in [0.29, 0.717) is 10.7 Å². The topological polar surface area (TPSA) is 78.4 Å². The first-order valence-corrected chi connectivity index (χ1v) is 6.32. The molecule has 7 heteroatoms. The molecule has 1 atom stereocenters. The smallest absolute Gasteiger partial charge is 0.326 e. The minimum absolute atomic E-state index is 0.232. The summed E-state index contributed by atoms with van der Waals surface area (Å²) in [5.41, 5.74) is 0.358. The van der Waals surface area contributed by atoms with E-state index >= 15 is 0 Å². The second-order valence-electron chi connectivity index (χ2n) is 4.28. The van der Waals surface area contributed by atoms with Gasteiger partial charge in [0.25, 0.3) is 0 Å². The van der Waals surface area contributed by atoms with Crippen molar-refractivity contribution >= 4 is 40.9 Å². The van der Waals surface area contributed by atoms with Crippen LogP contribution >= 0.6 is 23.2 Å². The molecule has 1 aromatic rings. The summed E-state index contributed by atoms with van der Waals surface area (Å²) in [5, 5.41) is 14.5. The summed E-state index contributed by atoms with van der Waals surface area (Å²) in [7, 11) is 0. The number of carbonyl (C=O) groups is 2. The first-order valence-electron chi connectivity index (χ1n) is 5.56. The number of hydrogen-bond donors (Lipinski definition) is 3. The number of hydrogen-bond acceptors (Lipinski definition) is 2. The van der Waals surface area contributed by atoms with Crippen LogP contribution in [0, 0.1) is 5.92 Å². The average Bonchev–Trinajstić information content (AvgIpc) is 2.29. The summed E-state index contributed by atoms with van der Waals surface area (Å²) in [6.45, 7) is 3.41. The Hall–Kier alpha value is -1.46. The lowest BCUT2D eigenvalue weighted by atomic mass is 10.1. The SMILES string of the molecule is CC(C)[C@H](NC(=O)Nc1ccc(Cl)cc1Cl)C(=O)O. The zero-order valence-electron chi connectivity index (χ0n) is 10.4. The molecule has 0 heterocycles. The maximum atomic E-state index is 11.7. The van der Waals surface area contributed by atoms with Gasteiger partial charge in [-0.3, -0.25) is 0 Å². The van der Waals surface area contributed by atoms with Crippen molar-refractivity contribution in [2.75, 3.05) is 5.32 Å². The number of halogens is 2. The molecule has 0 saturated carbocycles. The van der Waals surface area contributed by atoms with Gasteiger partial charge in [0.15, 0.2) is 0 Å². The van der Waals surface area contributed by atoms with E-state index < -0.39 is 18.0 Å². The fourth-order valence-corrected chi connectivity index (χ4v) is 1.86. The fraction of sp³-hybridized carbons (Fsp3) is 0.333. The van der Waals surface area contributed by atoms with Gasteiger partial charge in [-0.15, -0.1) is 0 Å². The Labute approximate surface area is 120 Å². The second kappa shape index (κ2) is 6.63. The Morgan fingerprint density at radius 2 is 1.89 bits per heavy atom. The van der Waals surface area contributed by atoms with Crippen LogP contribution in [-0.2, 0) is 4.79 Å². The van der Waals surface area contributed by atoms with Crippen LogP contribution in [0.25, 0.3) is 0 Å². The monoisotopic (exact) mass is 304 g/mol. The fourth-order valence-electron chi connectivity index (χ4n) is 1.40. The average molecular weight is 305 g/mol. The summed E-state index contributed by atoms with van der Waals surface area (Å²) >= 11 is 11.6. The lowest BCUT2D eigenvalue weighted by Gasteiger charge is -2.18. The zero-order valence-corrected chi connectivity index (χ0v) is 11.9. The van der Waals surface area contributed by atoms with Gasteiger partial charge in [-0.2, -0.15) is 0 Å². The van der Waals surface area contributed by atoms with E-state index in [1.807, 2.05) is 0 Å². The summed E-state index contributed by atoms with van der Waals surface area (Å²) in [5.74, 6) is -1.32. The molecule has 0 unspecified atom stereocenters. The minimum Gasteiger partial charge on any atom is -0.480 e. The van der Waals surface area contributed by atoms with Crippen LogP contribution in [0.3, 0.4) is 0 Å². The molecule has 0 saturated heterocycles. The highest BCUT2D eigenvalue weighted by molar-refractivity contribution is 6.36. The number of benzene rings is 1. The first kappa shape index (κ1) is 15.6. The third-order valence-electron chi connectivity index (χ3n) is 2.40. The Bertz CT molecular complexity index is 492. The number of carboxylic acid groups (broad SMARTS) is 1. The molecule has 0 radical (unpaired) electrons. The third-order valence-corrected chi connectivity index (χ3v) is 2.95. The molecule has 0 aliphatic rings. The van der Waals surface area contributed by atoms with E-state index in [2.05, 4.69) is 10.6 Å². The quantitative estimate of drug-likeness (QED) is 0.799. The summed E-state index contributed by atoms with van der Waals surface area (Å²) in [6.07, 6.45) is 0. The van der Waals surface area contributed by atoms with Crippen LogP contribution in [0.2, 0.25) is 10.0 Å². The Balaban J connectivity index is 2.72. The van der Waals surface area contributed by atoms with Gasteiger partial charge < -0.3 is 15.7 Å². The number of anilines is 1. The molecule has 5 nitrogen and oxygen atoms in total. The second-order valence-corrected chi connectivity index (χ2v) is 5.13. The van der Waals surface area contributed by atoms with Gasteiger partial charge >= 0.3 is 12.0 Å². The largest absolute Gasteiger partial charge is 0.480 e. The zero-order chi connectivity index (χ0) is 14.6. The van der Waals surface area contributed by atoms with Crippen LogP contribution in [0.15, 0.2) is 18.2 Å². The van der Waals surface area contributed by atoms with Gasteiger partial charge in [0.2, 0.25) is 0 Å². The van der Waals surface area contributed by atoms with Crippen LogP contribution in [-0.4, -0.2) is 23.1 Å². The van der Waals surface area contributed by atoms with Crippen LogP contribution in [0.5, 0.6) is 0 Å². The molecule has 1 aromatic carbocycles. The predicted octanol–water partition coefficient (Wildman–Crippen LogP) is 3.22. The molecule has 0 aromatic heterocycles. The molecular weight excluding hydrogens is 291 g/mol. The van der Waals surface area contributed by atoms with Crippen LogP contribution in [0.1, 0.15) is 13.8 Å². The predicted molar refractivity (Wildman–Crippen MR) is 74.9 cm³/mol. The molecule has 2 amide bonds. The normalized spacial score (nSPS) is 12.1. The number of amides is 2. The number of carbonyl (C=O) groups excluding carboxylic acids is 1. The highest BCUT2D eigenvalue weighted by Gasteiger charge is 2.23. The van der Waals surface area contributed by atoms with E-state index in [1.54, 1.807) is 19.9 Å². The third kappa shape index (κ3) is 4.61. The van der Waals surface area contributed by atoms with Gasteiger partial charge in [-0.25, -0.2) is 9.59 Å². The van der Waals surface area contributed by atoms with Crippen LogP contribution < -0.4 is 10.6 Å². The van der Waals surface area contributed by atoms with Gasteiger partial charge in [-0.05, 0) is 24.1 Å². The van der Waals surface area contributed by atoms with E-state index in [-0.39, 0.29) is 10.9 Å². The Morgan fingerprint density at radius 3 is 2.37 bits per heavy atom. The lowest BCUT2D eigenvalue weighted by Crippen LogP contribution is -2.46. The molecular formula is C12H14Cl2N2O3. The number of aliphatic carboxylic acids is 1. The van der Waals surface area contributed by atoms with Crippen LogP contribution in [0.4, 0.5) is 10.5 Å². The number of rotatable bonds is 4. The number of carboxylic acids is 1. The van der Waals surface area contributed by atoms with E-state index in [9.17, 15) is 9.59 Å². The molecule has 0 aliphatic heterocycles. The van der Waals surface area contributed by atoms with Crippen molar-refractivity contribution in [2.24, 2.45) is 5.92 Å². The van der Waals surface area contributed by atoms with Crippen molar-refractivity contribution in [3.8, 4) is 0 Å². The van der Waals surface area contributed by atoms with Gasteiger partial charge in [0, 0.05) is 5.02 Å². The highest BCUT2D eigenvalue weighted by Crippen LogP contribution is 2.25. The van der Waals surface area contributed by atoms with Gasteiger partial charge in [0.05, 0.1) is 10.7 Å². The molecule has 0 bridgehead atoms. The molecule has 0 fully saturated rings. The Kier molecular flexibility index (Phi) is 5.44. The van der Waals surface area contributed by atoms with E-state index in [0.717, 1.165) is 0 Å². The van der Waals surface area contributed by atoms with Gasteiger partial charge in [-0.1, -0.05) is 37.0 Å². The summed E-state index contributed by atoms with van der Waals surface area (Å²) < 4.78 is 0. The molecule has 0 aliphatic carbocycles. The molecule has 19 heavy (non-hydrogen) atoms. The lowest BCUT2D eigenvalue weighted by molar-refractivity contribution is -0.140. The summed E-state index contributed by atoms with van der Waals surface area (Å²) in [6, 6.07) is 2.99. The summed E-state index contributed by atoms with van der Waals surface area (Å²) in [4.78, 5) is 22.6. The van der Waals surface area contributed by atoms with Crippen molar-refractivity contribution in [2.45, 2.75) is 19.9 Å². The number of urea groups is 1. The van der Waals surface area contributed by atoms with E-state index in [4.69, 9.17) is 28.3 Å². The van der Waals surface area contributed by atoms with Gasteiger partial charge in [0.1, 0.15) is 6.04 Å². The van der Waals surface area contributed by atoms with Crippen molar-refractivity contribution < 1.29 is 14.7 Å². The first-order chi connectivity index (χ1) is 8.81. The van der Waals surface area contributed by atoms with E-state index in [1.165, 1.54) is 12.1 Å². The van der Waals surface area contributed by atoms with Crippen molar-refractivity contribution in [3.63, 3.8) is 0 Å². The minimum atomic E-state index is -1.09. The molecule has 3 N–H and O–H groups in total. The standard InChI is InChI=1S/C12H14Cl2N2O3/c1-6(2)10(11(17)18)16-12(19)15-9-4-3-7(13)5-8(9)14/h3-6,10H,1-2H3,(H,17,18)(H2,15,16,19)/t10-/m0/s1. The molecule has 1 rings (SSSR count). The Morgan fingerprint density at radius 1 is 1.26 bits per heavy atom. The van der Waals surface area contributed by atoms with Crippen molar-refractivity contribution in [3.05, 3.63) is 28.2 Å². The van der Waals surface area contributed by atoms with Crippen molar-refractivity contribution in [1.82, 2.24) is 5.32 Å². The highest BCUT2D eigenvalue weighted by atomic mass is 35.5. The molecule has 104 valence electrons.